The standard InChI is InChI=1S/C24H37N5OS/c1-4-13-27(14-5-2)16-7-18-30-24-10-8-22(9-11-24)21-31-26-23-19-28(15-6-3)29(20-23)17-12-25/h4-6,8-12,23,25-26H,1-3,7,13-21H2. The van der Waals surface area contributed by atoms with Gasteiger partial charge in [-0.15, -0.1) is 19.7 Å². The van der Waals surface area contributed by atoms with Crippen LogP contribution in [0, 0.1) is 5.41 Å². The Hall–Kier alpha value is -1.90. The summed E-state index contributed by atoms with van der Waals surface area (Å²) in [5.41, 5.74) is 1.27. The van der Waals surface area contributed by atoms with Gasteiger partial charge in [-0.3, -0.25) is 9.62 Å². The number of ether oxygens (including phenoxy) is 1. The number of nitrogens with zero attached hydrogens (tertiary/aromatic N) is 3. The molecule has 1 aromatic rings. The Morgan fingerprint density at radius 2 is 1.74 bits per heavy atom. The van der Waals surface area contributed by atoms with Crippen LogP contribution in [0.1, 0.15) is 12.0 Å². The summed E-state index contributed by atoms with van der Waals surface area (Å²) in [6.07, 6.45) is 8.18. The largest absolute Gasteiger partial charge is 0.494 e. The van der Waals surface area contributed by atoms with Crippen molar-refractivity contribution < 1.29 is 4.74 Å². The third kappa shape index (κ3) is 9.41. The Morgan fingerprint density at radius 3 is 2.35 bits per heavy atom. The van der Waals surface area contributed by atoms with Gasteiger partial charge < -0.3 is 10.1 Å². The average molecular weight is 444 g/mol. The second kappa shape index (κ2) is 15.0. The van der Waals surface area contributed by atoms with Crippen molar-refractivity contribution in [3.8, 4) is 5.75 Å². The monoisotopic (exact) mass is 443 g/mol. The molecule has 1 aliphatic rings. The van der Waals surface area contributed by atoms with E-state index in [0.29, 0.717) is 19.2 Å². The zero-order valence-electron chi connectivity index (χ0n) is 18.5. The highest BCUT2D eigenvalue weighted by Gasteiger charge is 2.28. The summed E-state index contributed by atoms with van der Waals surface area (Å²) in [5.74, 6) is 1.82. The molecule has 1 heterocycles. The fourth-order valence-electron chi connectivity index (χ4n) is 3.53. The van der Waals surface area contributed by atoms with Crippen LogP contribution in [-0.4, -0.2) is 79.6 Å². The van der Waals surface area contributed by atoms with Crippen LogP contribution in [0.5, 0.6) is 5.75 Å². The van der Waals surface area contributed by atoms with Crippen molar-refractivity contribution in [2.24, 2.45) is 0 Å². The molecule has 1 unspecified atom stereocenters. The van der Waals surface area contributed by atoms with Crippen LogP contribution in [0.25, 0.3) is 0 Å². The van der Waals surface area contributed by atoms with E-state index in [1.807, 2.05) is 30.4 Å². The van der Waals surface area contributed by atoms with Crippen molar-refractivity contribution in [2.45, 2.75) is 18.2 Å². The molecule has 0 saturated carbocycles. The molecule has 1 saturated heterocycles. The molecule has 2 rings (SSSR count). The van der Waals surface area contributed by atoms with Gasteiger partial charge in [-0.25, -0.2) is 10.0 Å². The predicted molar refractivity (Wildman–Crippen MR) is 134 cm³/mol. The molecule has 0 aliphatic carbocycles. The molecule has 1 fully saturated rings. The fraction of sp³-hybridized carbons (Fsp3) is 0.458. The van der Waals surface area contributed by atoms with Crippen LogP contribution in [-0.2, 0) is 5.75 Å². The summed E-state index contributed by atoms with van der Waals surface area (Å²) in [4.78, 5) is 2.29. The highest BCUT2D eigenvalue weighted by molar-refractivity contribution is 7.96. The van der Waals surface area contributed by atoms with E-state index in [0.717, 1.165) is 57.2 Å². The van der Waals surface area contributed by atoms with E-state index < -0.39 is 0 Å². The quantitative estimate of drug-likeness (QED) is 0.166. The van der Waals surface area contributed by atoms with E-state index in [4.69, 9.17) is 10.1 Å². The molecule has 2 N–H and O–H groups in total. The van der Waals surface area contributed by atoms with Crippen molar-refractivity contribution >= 4 is 18.2 Å². The average Bonchev–Trinajstić information content (AvgIpc) is 3.14. The van der Waals surface area contributed by atoms with Gasteiger partial charge >= 0.3 is 0 Å². The molecule has 0 spiro atoms. The first-order valence-electron chi connectivity index (χ1n) is 10.8. The van der Waals surface area contributed by atoms with E-state index in [1.165, 1.54) is 11.8 Å². The van der Waals surface area contributed by atoms with Gasteiger partial charge in [0.2, 0.25) is 0 Å². The van der Waals surface area contributed by atoms with Gasteiger partial charge in [0.05, 0.1) is 6.61 Å². The Bertz CT molecular complexity index is 653. The molecule has 0 amide bonds. The molecule has 0 bridgehead atoms. The molecule has 1 atom stereocenters. The molecule has 7 heteroatoms. The van der Waals surface area contributed by atoms with E-state index >= 15 is 0 Å². The van der Waals surface area contributed by atoms with Crippen molar-refractivity contribution in [1.82, 2.24) is 19.6 Å². The second-order valence-electron chi connectivity index (χ2n) is 7.52. The predicted octanol–water partition coefficient (Wildman–Crippen LogP) is 3.60. The van der Waals surface area contributed by atoms with Gasteiger partial charge in [0.15, 0.2) is 0 Å². The van der Waals surface area contributed by atoms with Crippen LogP contribution >= 0.6 is 11.9 Å². The maximum atomic E-state index is 7.36. The van der Waals surface area contributed by atoms with Crippen LogP contribution < -0.4 is 9.46 Å². The van der Waals surface area contributed by atoms with Crippen molar-refractivity contribution in [2.75, 3.05) is 52.4 Å². The summed E-state index contributed by atoms with van der Waals surface area (Å²) >= 11 is 1.73. The second-order valence-corrected chi connectivity index (χ2v) is 8.34. The normalized spacial score (nSPS) is 17.0. The highest BCUT2D eigenvalue weighted by atomic mass is 32.2. The lowest BCUT2D eigenvalue weighted by atomic mass is 10.2. The number of benzene rings is 1. The van der Waals surface area contributed by atoms with E-state index in [9.17, 15) is 0 Å². The number of nitrogens with one attached hydrogen (secondary N) is 2. The van der Waals surface area contributed by atoms with Crippen molar-refractivity contribution in [3.05, 3.63) is 67.8 Å². The number of hydrogen-bond donors (Lipinski definition) is 2. The Morgan fingerprint density at radius 1 is 1.06 bits per heavy atom. The third-order valence-corrected chi connectivity index (χ3v) is 5.96. The Balaban J connectivity index is 1.66. The minimum atomic E-state index is 0.384. The number of hydrogen-bond acceptors (Lipinski definition) is 7. The SMILES string of the molecule is C=CCN(CC=C)CCCOc1ccc(CSNC2CN(CC=C)N(CC=N)C2)cc1. The summed E-state index contributed by atoms with van der Waals surface area (Å²) in [7, 11) is 0. The molecule has 0 radical (unpaired) electrons. The lowest BCUT2D eigenvalue weighted by molar-refractivity contribution is 0.0585. The van der Waals surface area contributed by atoms with E-state index in [-0.39, 0.29) is 0 Å². The molecular weight excluding hydrogens is 406 g/mol. The minimum absolute atomic E-state index is 0.384. The summed E-state index contributed by atoms with van der Waals surface area (Å²) in [6.45, 7) is 18.2. The molecule has 0 aromatic heterocycles. The van der Waals surface area contributed by atoms with E-state index in [1.54, 1.807) is 11.9 Å². The number of hydrazine groups is 1. The zero-order valence-corrected chi connectivity index (χ0v) is 19.4. The first-order chi connectivity index (χ1) is 15.2. The van der Waals surface area contributed by atoms with Gasteiger partial charge in [0.25, 0.3) is 0 Å². The fourth-order valence-corrected chi connectivity index (χ4v) is 4.36. The Kier molecular flexibility index (Phi) is 12.3. The minimum Gasteiger partial charge on any atom is -0.494 e. The smallest absolute Gasteiger partial charge is 0.119 e. The Labute approximate surface area is 192 Å². The first-order valence-corrected chi connectivity index (χ1v) is 11.8. The maximum absolute atomic E-state index is 7.36. The highest BCUT2D eigenvalue weighted by Crippen LogP contribution is 2.18. The molecule has 31 heavy (non-hydrogen) atoms. The summed E-state index contributed by atoms with van der Waals surface area (Å²) in [5, 5.41) is 11.8. The molecule has 170 valence electrons. The topological polar surface area (TPSA) is 54.8 Å². The van der Waals surface area contributed by atoms with Crippen molar-refractivity contribution in [3.63, 3.8) is 0 Å². The van der Waals surface area contributed by atoms with E-state index in [2.05, 4.69) is 51.5 Å². The number of rotatable bonds is 17. The van der Waals surface area contributed by atoms with Crippen LogP contribution in [0.2, 0.25) is 0 Å². The summed E-state index contributed by atoms with van der Waals surface area (Å²) < 4.78 is 9.45. The van der Waals surface area contributed by atoms with Gasteiger partial charge in [0, 0.05) is 63.8 Å². The van der Waals surface area contributed by atoms with Crippen LogP contribution in [0.3, 0.4) is 0 Å². The van der Waals surface area contributed by atoms with Gasteiger partial charge in [-0.05, 0) is 24.1 Å². The van der Waals surface area contributed by atoms with Crippen LogP contribution in [0.4, 0.5) is 0 Å². The lowest BCUT2D eigenvalue weighted by Crippen LogP contribution is -2.37. The van der Waals surface area contributed by atoms with Gasteiger partial charge in [-0.1, -0.05) is 42.3 Å². The lowest BCUT2D eigenvalue weighted by Gasteiger charge is -2.24. The van der Waals surface area contributed by atoms with Crippen molar-refractivity contribution in [1.29, 1.82) is 5.41 Å². The summed E-state index contributed by atoms with van der Waals surface area (Å²) in [6, 6.07) is 8.74. The first kappa shape index (κ1) is 25.4. The molecule has 6 nitrogen and oxygen atoms in total. The van der Waals surface area contributed by atoms with Crippen LogP contribution in [0.15, 0.2) is 62.2 Å². The zero-order chi connectivity index (χ0) is 22.3. The third-order valence-electron chi connectivity index (χ3n) is 4.98. The molecule has 1 aromatic carbocycles. The van der Waals surface area contributed by atoms with Gasteiger partial charge in [0.1, 0.15) is 5.75 Å². The molecule has 1 aliphatic heterocycles. The van der Waals surface area contributed by atoms with Gasteiger partial charge in [-0.2, -0.15) is 0 Å². The maximum Gasteiger partial charge on any atom is 0.119 e. The molecular formula is C24H37N5OS.